The summed E-state index contributed by atoms with van der Waals surface area (Å²) in [6, 6.07) is 46.9. The fourth-order valence-corrected chi connectivity index (χ4v) is 8.51. The standard InChI is InChI=1S/C36H21NS2/c1-4-10-31-25(7-1)26-8-2-5-11-32(26)37(31)24-15-18-30-29-17-14-23(20-35(29)39-36(30)21-24)22-13-16-28-27-9-3-6-12-33(27)38-34(28)19-22/h1-21H. The van der Waals surface area contributed by atoms with Crippen molar-refractivity contribution in [3.63, 3.8) is 0 Å². The summed E-state index contributed by atoms with van der Waals surface area (Å²) in [4.78, 5) is 0. The number of thiophene rings is 2. The Balaban J connectivity index is 1.20. The number of benzene rings is 6. The van der Waals surface area contributed by atoms with E-state index in [0.29, 0.717) is 0 Å². The Morgan fingerprint density at radius 3 is 1.46 bits per heavy atom. The highest BCUT2D eigenvalue weighted by Gasteiger charge is 2.14. The molecule has 39 heavy (non-hydrogen) atoms. The van der Waals surface area contributed by atoms with Gasteiger partial charge < -0.3 is 4.57 Å². The van der Waals surface area contributed by atoms with Gasteiger partial charge in [0.25, 0.3) is 0 Å². The van der Waals surface area contributed by atoms with Gasteiger partial charge in [-0.25, -0.2) is 0 Å². The Morgan fingerprint density at radius 2 is 0.821 bits per heavy atom. The van der Waals surface area contributed by atoms with Crippen molar-refractivity contribution in [2.75, 3.05) is 0 Å². The molecule has 9 aromatic rings. The summed E-state index contributed by atoms with van der Waals surface area (Å²) in [5.41, 5.74) is 6.26. The molecule has 0 spiro atoms. The second-order valence-corrected chi connectivity index (χ2v) is 12.3. The molecular formula is C36H21NS2. The molecule has 3 heteroatoms. The first-order valence-electron chi connectivity index (χ1n) is 13.2. The average Bonchev–Trinajstić information content (AvgIpc) is 3.65. The van der Waals surface area contributed by atoms with Gasteiger partial charge in [0.05, 0.1) is 11.0 Å². The van der Waals surface area contributed by atoms with E-state index in [1.54, 1.807) is 0 Å². The van der Waals surface area contributed by atoms with Crippen molar-refractivity contribution >= 4 is 84.8 Å². The van der Waals surface area contributed by atoms with E-state index >= 15 is 0 Å². The van der Waals surface area contributed by atoms with E-state index in [1.165, 1.54) is 79.0 Å². The molecule has 0 fully saturated rings. The van der Waals surface area contributed by atoms with Gasteiger partial charge in [-0.15, -0.1) is 22.7 Å². The molecule has 0 aliphatic rings. The smallest absolute Gasteiger partial charge is 0.0541 e. The minimum Gasteiger partial charge on any atom is -0.309 e. The van der Waals surface area contributed by atoms with Crippen LogP contribution in [0.4, 0.5) is 0 Å². The summed E-state index contributed by atoms with van der Waals surface area (Å²) in [5, 5.41) is 7.94. The summed E-state index contributed by atoms with van der Waals surface area (Å²) in [6.45, 7) is 0. The number of aromatic nitrogens is 1. The summed E-state index contributed by atoms with van der Waals surface area (Å²) in [6.07, 6.45) is 0. The van der Waals surface area contributed by atoms with Gasteiger partial charge in [-0.3, -0.25) is 0 Å². The van der Waals surface area contributed by atoms with Crippen LogP contribution < -0.4 is 0 Å². The highest BCUT2D eigenvalue weighted by atomic mass is 32.1. The summed E-state index contributed by atoms with van der Waals surface area (Å²) >= 11 is 3.77. The van der Waals surface area contributed by atoms with Crippen LogP contribution in [0.3, 0.4) is 0 Å². The Hall–Kier alpha value is -4.44. The molecule has 1 nitrogen and oxygen atoms in total. The Kier molecular flexibility index (Phi) is 4.43. The lowest BCUT2D eigenvalue weighted by Crippen LogP contribution is -1.92. The first-order valence-corrected chi connectivity index (χ1v) is 14.8. The normalized spacial score (nSPS) is 12.1. The molecule has 0 amide bonds. The first kappa shape index (κ1) is 21.5. The molecule has 6 aromatic carbocycles. The third kappa shape index (κ3) is 3.12. The van der Waals surface area contributed by atoms with Gasteiger partial charge in [0.1, 0.15) is 0 Å². The quantitative estimate of drug-likeness (QED) is 0.209. The molecule has 182 valence electrons. The molecule has 0 saturated heterocycles. The average molecular weight is 532 g/mol. The lowest BCUT2D eigenvalue weighted by Gasteiger charge is -2.08. The molecule has 0 unspecified atom stereocenters. The third-order valence-electron chi connectivity index (χ3n) is 8.01. The molecule has 0 N–H and O–H groups in total. The van der Waals surface area contributed by atoms with Crippen molar-refractivity contribution < 1.29 is 0 Å². The maximum absolute atomic E-state index is 2.40. The van der Waals surface area contributed by atoms with E-state index in [4.69, 9.17) is 0 Å². The molecule has 0 aliphatic heterocycles. The predicted molar refractivity (Wildman–Crippen MR) is 172 cm³/mol. The highest BCUT2D eigenvalue weighted by molar-refractivity contribution is 7.26. The Labute approximate surface area is 232 Å². The molecule has 0 saturated carbocycles. The van der Waals surface area contributed by atoms with E-state index in [1.807, 2.05) is 22.7 Å². The van der Waals surface area contributed by atoms with E-state index in [0.717, 1.165) is 0 Å². The van der Waals surface area contributed by atoms with Gasteiger partial charge in [0.15, 0.2) is 0 Å². The summed E-state index contributed by atoms with van der Waals surface area (Å²) < 4.78 is 7.75. The molecule has 0 radical (unpaired) electrons. The molecule has 0 atom stereocenters. The maximum Gasteiger partial charge on any atom is 0.0541 e. The van der Waals surface area contributed by atoms with Crippen molar-refractivity contribution in [2.24, 2.45) is 0 Å². The molecule has 0 aliphatic carbocycles. The Bertz CT molecular complexity index is 2350. The lowest BCUT2D eigenvalue weighted by atomic mass is 10.0. The first-order chi connectivity index (χ1) is 19.3. The van der Waals surface area contributed by atoms with Gasteiger partial charge in [-0.1, -0.05) is 84.9 Å². The summed E-state index contributed by atoms with van der Waals surface area (Å²) in [7, 11) is 0. The zero-order valence-corrected chi connectivity index (χ0v) is 22.5. The fourth-order valence-electron chi connectivity index (χ4n) is 6.19. The second-order valence-electron chi connectivity index (χ2n) is 10.2. The van der Waals surface area contributed by atoms with Gasteiger partial charge in [-0.05, 0) is 53.6 Å². The topological polar surface area (TPSA) is 4.93 Å². The minimum absolute atomic E-state index is 1.21. The summed E-state index contributed by atoms with van der Waals surface area (Å²) in [5.74, 6) is 0. The fraction of sp³-hybridized carbons (Fsp3) is 0. The van der Waals surface area contributed by atoms with Crippen LogP contribution in [0.1, 0.15) is 0 Å². The zero-order valence-electron chi connectivity index (χ0n) is 20.9. The van der Waals surface area contributed by atoms with Crippen LogP contribution in [0.15, 0.2) is 127 Å². The Morgan fingerprint density at radius 1 is 0.359 bits per heavy atom. The van der Waals surface area contributed by atoms with E-state index in [9.17, 15) is 0 Å². The molecular weight excluding hydrogens is 511 g/mol. The number of para-hydroxylation sites is 2. The van der Waals surface area contributed by atoms with E-state index < -0.39 is 0 Å². The molecule has 0 bridgehead atoms. The van der Waals surface area contributed by atoms with E-state index in [-0.39, 0.29) is 0 Å². The van der Waals surface area contributed by atoms with E-state index in [2.05, 4.69) is 132 Å². The third-order valence-corrected chi connectivity index (χ3v) is 10.3. The van der Waals surface area contributed by atoms with Crippen LogP contribution in [-0.2, 0) is 0 Å². The van der Waals surface area contributed by atoms with Gasteiger partial charge in [0, 0.05) is 56.8 Å². The van der Waals surface area contributed by atoms with Gasteiger partial charge in [0.2, 0.25) is 0 Å². The van der Waals surface area contributed by atoms with Crippen LogP contribution in [0, 0.1) is 0 Å². The molecule has 3 heterocycles. The van der Waals surface area contributed by atoms with Crippen LogP contribution in [-0.4, -0.2) is 4.57 Å². The number of nitrogens with zero attached hydrogens (tertiary/aromatic N) is 1. The second kappa shape index (κ2) is 8.03. The van der Waals surface area contributed by atoms with Crippen molar-refractivity contribution in [3.05, 3.63) is 127 Å². The lowest BCUT2D eigenvalue weighted by molar-refractivity contribution is 1.19. The number of hydrogen-bond acceptors (Lipinski definition) is 2. The highest BCUT2D eigenvalue weighted by Crippen LogP contribution is 2.41. The number of hydrogen-bond donors (Lipinski definition) is 0. The van der Waals surface area contributed by atoms with Crippen LogP contribution in [0.2, 0.25) is 0 Å². The SMILES string of the molecule is c1ccc2c(c1)sc1cc(-c3ccc4c(c3)sc3cc(-n5c6ccccc6c6ccccc65)ccc34)ccc12. The van der Waals surface area contributed by atoms with Crippen LogP contribution in [0.25, 0.3) is 79.0 Å². The van der Waals surface area contributed by atoms with Gasteiger partial charge in [-0.2, -0.15) is 0 Å². The largest absolute Gasteiger partial charge is 0.309 e. The van der Waals surface area contributed by atoms with Gasteiger partial charge >= 0.3 is 0 Å². The monoisotopic (exact) mass is 531 g/mol. The van der Waals surface area contributed by atoms with Crippen molar-refractivity contribution in [1.82, 2.24) is 4.57 Å². The predicted octanol–water partition coefficient (Wildman–Crippen LogP) is 11.2. The van der Waals surface area contributed by atoms with Crippen LogP contribution >= 0.6 is 22.7 Å². The van der Waals surface area contributed by atoms with Crippen molar-refractivity contribution in [2.45, 2.75) is 0 Å². The van der Waals surface area contributed by atoms with Crippen molar-refractivity contribution in [1.29, 1.82) is 0 Å². The maximum atomic E-state index is 2.40. The number of fused-ring (bicyclic) bond motifs is 9. The minimum atomic E-state index is 1.21. The number of rotatable bonds is 2. The van der Waals surface area contributed by atoms with Crippen LogP contribution in [0.5, 0.6) is 0 Å². The van der Waals surface area contributed by atoms with Crippen molar-refractivity contribution in [3.8, 4) is 16.8 Å². The molecule has 3 aromatic heterocycles. The zero-order chi connectivity index (χ0) is 25.5. The molecule has 9 rings (SSSR count).